The van der Waals surface area contributed by atoms with Gasteiger partial charge in [-0.25, -0.2) is 8.42 Å². The molecule has 0 saturated carbocycles. The molecule has 2 fully saturated rings. The maximum atomic E-state index is 12.9. The van der Waals surface area contributed by atoms with Crippen LogP contribution in [0.2, 0.25) is 5.02 Å². The van der Waals surface area contributed by atoms with Crippen molar-refractivity contribution >= 4 is 39.1 Å². The number of furan rings is 1. The maximum absolute atomic E-state index is 12.9. The average molecular weight is 452 g/mol. The molecule has 0 spiro atoms. The summed E-state index contributed by atoms with van der Waals surface area (Å²) in [5.74, 6) is -0.335. The molecule has 1 aromatic carbocycles. The van der Waals surface area contributed by atoms with Crippen molar-refractivity contribution in [1.82, 2.24) is 9.21 Å². The van der Waals surface area contributed by atoms with E-state index in [0.717, 1.165) is 12.8 Å². The highest BCUT2D eigenvalue weighted by atomic mass is 35.5. The predicted octanol–water partition coefficient (Wildman–Crippen LogP) is 2.70. The largest absolute Gasteiger partial charge is 0.467 e. The van der Waals surface area contributed by atoms with Crippen LogP contribution < -0.4 is 5.32 Å². The van der Waals surface area contributed by atoms with Crippen LogP contribution in [0, 0.1) is 5.92 Å². The van der Waals surface area contributed by atoms with E-state index in [9.17, 15) is 18.0 Å². The number of halogens is 1. The van der Waals surface area contributed by atoms with Crippen molar-refractivity contribution in [2.45, 2.75) is 30.7 Å². The minimum atomic E-state index is -3.72. The molecule has 30 heavy (non-hydrogen) atoms. The Bertz CT molecular complexity index is 1050. The number of carbonyl (C=O) groups is 2. The number of rotatable bonds is 6. The first-order valence-electron chi connectivity index (χ1n) is 9.75. The first-order chi connectivity index (χ1) is 14.3. The maximum Gasteiger partial charge on any atom is 0.244 e. The van der Waals surface area contributed by atoms with Gasteiger partial charge in [0.1, 0.15) is 10.7 Å². The molecule has 1 N–H and O–H groups in total. The van der Waals surface area contributed by atoms with Crippen molar-refractivity contribution in [3.05, 3.63) is 47.4 Å². The fourth-order valence-corrected chi connectivity index (χ4v) is 5.80. The standard InChI is InChI=1S/C20H22ClN3O5S/c21-17-6-5-15(11-18(17)30(27,28)24-7-1-2-8-24)22-20(26)14-10-19(25)23(12-14)13-16-4-3-9-29-16/h3-6,9,11,14H,1-2,7-8,10,12-13H2,(H,22,26). The Morgan fingerprint density at radius 1 is 1.23 bits per heavy atom. The lowest BCUT2D eigenvalue weighted by molar-refractivity contribution is -0.128. The Hall–Kier alpha value is -2.36. The van der Waals surface area contributed by atoms with Crippen molar-refractivity contribution < 1.29 is 22.4 Å². The zero-order valence-electron chi connectivity index (χ0n) is 16.2. The molecule has 3 heterocycles. The first-order valence-corrected chi connectivity index (χ1v) is 11.6. The summed E-state index contributed by atoms with van der Waals surface area (Å²) in [5.41, 5.74) is 0.333. The average Bonchev–Trinajstić information content (AvgIpc) is 3.47. The van der Waals surface area contributed by atoms with Gasteiger partial charge in [0.05, 0.1) is 23.7 Å². The lowest BCUT2D eigenvalue weighted by atomic mass is 10.1. The van der Waals surface area contributed by atoms with E-state index in [1.807, 2.05) is 0 Å². The second-order valence-corrected chi connectivity index (χ2v) is 9.81. The van der Waals surface area contributed by atoms with Crippen molar-refractivity contribution in [2.24, 2.45) is 5.92 Å². The fourth-order valence-electron chi connectivity index (χ4n) is 3.78. The van der Waals surface area contributed by atoms with Crippen molar-refractivity contribution in [3.8, 4) is 0 Å². The van der Waals surface area contributed by atoms with Gasteiger partial charge >= 0.3 is 0 Å². The molecule has 2 aliphatic rings. The van der Waals surface area contributed by atoms with Crippen LogP contribution in [0.25, 0.3) is 0 Å². The van der Waals surface area contributed by atoms with Crippen LogP contribution >= 0.6 is 11.6 Å². The summed E-state index contributed by atoms with van der Waals surface area (Å²) in [4.78, 5) is 26.5. The van der Waals surface area contributed by atoms with Crippen LogP contribution in [0.15, 0.2) is 45.9 Å². The third kappa shape index (κ3) is 4.23. The third-order valence-electron chi connectivity index (χ3n) is 5.39. The molecule has 1 unspecified atom stereocenters. The predicted molar refractivity (Wildman–Crippen MR) is 110 cm³/mol. The van der Waals surface area contributed by atoms with Gasteiger partial charge in [0.2, 0.25) is 21.8 Å². The summed E-state index contributed by atoms with van der Waals surface area (Å²) in [6.07, 6.45) is 3.27. The molecule has 2 aromatic rings. The van der Waals surface area contributed by atoms with Gasteiger partial charge in [0, 0.05) is 31.7 Å². The van der Waals surface area contributed by atoms with E-state index in [0.29, 0.717) is 31.1 Å². The Labute approximate surface area is 179 Å². The highest BCUT2D eigenvalue weighted by Gasteiger charge is 2.35. The van der Waals surface area contributed by atoms with Crippen molar-refractivity contribution in [2.75, 3.05) is 25.0 Å². The van der Waals surface area contributed by atoms with Crippen LogP contribution in [0.1, 0.15) is 25.0 Å². The summed E-state index contributed by atoms with van der Waals surface area (Å²) < 4.78 is 32.4. The fraction of sp³-hybridized carbons (Fsp3) is 0.400. The molecule has 2 saturated heterocycles. The molecular formula is C20H22ClN3O5S. The number of likely N-dealkylation sites (tertiary alicyclic amines) is 1. The summed E-state index contributed by atoms with van der Waals surface area (Å²) >= 11 is 6.15. The lowest BCUT2D eigenvalue weighted by Gasteiger charge is -2.18. The third-order valence-corrected chi connectivity index (χ3v) is 7.77. The van der Waals surface area contributed by atoms with Gasteiger partial charge in [-0.15, -0.1) is 0 Å². The Morgan fingerprint density at radius 2 is 2.00 bits per heavy atom. The van der Waals surface area contributed by atoms with Gasteiger partial charge in [-0.3, -0.25) is 9.59 Å². The second-order valence-electron chi connectivity index (χ2n) is 7.50. The Balaban J connectivity index is 1.45. The molecule has 4 rings (SSSR count). The molecule has 0 bridgehead atoms. The lowest BCUT2D eigenvalue weighted by Crippen LogP contribution is -2.29. The van der Waals surface area contributed by atoms with E-state index in [2.05, 4.69) is 5.32 Å². The van der Waals surface area contributed by atoms with E-state index in [-0.39, 0.29) is 34.7 Å². The van der Waals surface area contributed by atoms with Gasteiger partial charge in [-0.05, 0) is 43.2 Å². The molecule has 10 heteroatoms. The van der Waals surface area contributed by atoms with Crippen LogP contribution in [0.5, 0.6) is 0 Å². The Morgan fingerprint density at radius 3 is 2.70 bits per heavy atom. The topological polar surface area (TPSA) is 99.9 Å². The van der Waals surface area contributed by atoms with Crippen molar-refractivity contribution in [3.63, 3.8) is 0 Å². The SMILES string of the molecule is O=C(Nc1ccc(Cl)c(S(=O)(=O)N2CCCC2)c1)C1CC(=O)N(Cc2ccco2)C1. The van der Waals surface area contributed by atoms with Gasteiger partial charge < -0.3 is 14.6 Å². The van der Waals surface area contributed by atoms with Crippen LogP contribution in [0.4, 0.5) is 5.69 Å². The number of nitrogens with zero attached hydrogens (tertiary/aromatic N) is 2. The number of carbonyl (C=O) groups excluding carboxylic acids is 2. The number of amides is 2. The normalized spacial score (nSPS) is 20.1. The molecule has 2 amide bonds. The van der Waals surface area contributed by atoms with Crippen LogP contribution in [-0.4, -0.2) is 49.1 Å². The summed E-state index contributed by atoms with van der Waals surface area (Å²) in [6.45, 7) is 1.52. The molecule has 0 aliphatic carbocycles. The molecule has 0 radical (unpaired) electrons. The van der Waals surface area contributed by atoms with Gasteiger partial charge in [0.15, 0.2) is 0 Å². The van der Waals surface area contributed by atoms with Gasteiger partial charge in [0.25, 0.3) is 0 Å². The van der Waals surface area contributed by atoms with Crippen LogP contribution in [-0.2, 0) is 26.2 Å². The number of hydrogen-bond acceptors (Lipinski definition) is 5. The van der Waals surface area contributed by atoms with E-state index >= 15 is 0 Å². The number of nitrogens with one attached hydrogen (secondary N) is 1. The molecule has 2 aliphatic heterocycles. The quantitative estimate of drug-likeness (QED) is 0.727. The van der Waals surface area contributed by atoms with Crippen LogP contribution in [0.3, 0.4) is 0 Å². The number of anilines is 1. The second kappa shape index (κ2) is 8.41. The minimum absolute atomic E-state index is 0.0224. The van der Waals surface area contributed by atoms with E-state index < -0.39 is 15.9 Å². The summed E-state index contributed by atoms with van der Waals surface area (Å²) in [6, 6.07) is 7.92. The minimum Gasteiger partial charge on any atom is -0.467 e. The van der Waals surface area contributed by atoms with E-state index in [4.69, 9.17) is 16.0 Å². The Kier molecular flexibility index (Phi) is 5.86. The summed E-state index contributed by atoms with van der Waals surface area (Å²) in [5, 5.41) is 2.84. The molecular weight excluding hydrogens is 430 g/mol. The smallest absolute Gasteiger partial charge is 0.244 e. The highest BCUT2D eigenvalue weighted by molar-refractivity contribution is 7.89. The van der Waals surface area contributed by atoms with E-state index in [1.165, 1.54) is 22.7 Å². The number of benzene rings is 1. The monoisotopic (exact) mass is 451 g/mol. The zero-order valence-corrected chi connectivity index (χ0v) is 17.8. The molecule has 160 valence electrons. The molecule has 1 aromatic heterocycles. The van der Waals surface area contributed by atoms with E-state index in [1.54, 1.807) is 23.1 Å². The summed E-state index contributed by atoms with van der Waals surface area (Å²) in [7, 11) is -3.72. The van der Waals surface area contributed by atoms with Gasteiger partial charge in [-0.1, -0.05) is 11.6 Å². The zero-order chi connectivity index (χ0) is 21.3. The van der Waals surface area contributed by atoms with Crippen molar-refractivity contribution in [1.29, 1.82) is 0 Å². The number of hydrogen-bond donors (Lipinski definition) is 1. The molecule has 8 nitrogen and oxygen atoms in total. The molecule has 1 atom stereocenters. The first kappa shape index (κ1) is 20.9. The van der Waals surface area contributed by atoms with Gasteiger partial charge in [-0.2, -0.15) is 4.31 Å². The highest BCUT2D eigenvalue weighted by Crippen LogP contribution is 2.30. The number of sulfonamides is 1.